The van der Waals surface area contributed by atoms with Crippen LogP contribution in [0.1, 0.15) is 39.5 Å². The molecule has 0 radical (unpaired) electrons. The van der Waals surface area contributed by atoms with Gasteiger partial charge >= 0.3 is 59.5 Å². The molecule has 0 aliphatic carbocycles. The molecular formula is C8H18BBr. The van der Waals surface area contributed by atoms with Crippen molar-refractivity contribution in [3.63, 3.8) is 0 Å². The molecule has 0 N–H and O–H groups in total. The van der Waals surface area contributed by atoms with Crippen molar-refractivity contribution in [3.05, 3.63) is 0 Å². The Kier molecular flexibility index (Phi) is 16.1. The minimum Gasteiger partial charge on any atom is -1.00 e. The Labute approximate surface area is 76.8 Å². The zero-order valence-electron chi connectivity index (χ0n) is 7.20. The fourth-order valence-electron chi connectivity index (χ4n) is 0.841. The van der Waals surface area contributed by atoms with Crippen molar-refractivity contribution >= 4 is 7.28 Å². The van der Waals surface area contributed by atoms with Gasteiger partial charge in [-0.05, 0) is 0 Å². The Balaban J connectivity index is 0. The van der Waals surface area contributed by atoms with Gasteiger partial charge in [0, 0.05) is 0 Å². The zero-order chi connectivity index (χ0) is 6.95. The van der Waals surface area contributed by atoms with Crippen LogP contribution in [0.4, 0.5) is 0 Å². The summed E-state index contributed by atoms with van der Waals surface area (Å²) in [6, 6.07) is 0. The largest absolute Gasteiger partial charge is 1.00 e. The van der Waals surface area contributed by atoms with Gasteiger partial charge in [-0.25, -0.2) is 0 Å². The van der Waals surface area contributed by atoms with E-state index in [0.29, 0.717) is 0 Å². The summed E-state index contributed by atoms with van der Waals surface area (Å²) in [6.07, 6.45) is 8.09. The summed E-state index contributed by atoms with van der Waals surface area (Å²) in [4.78, 5) is 0. The van der Waals surface area contributed by atoms with Crippen LogP contribution in [-0.2, 0) is 0 Å². The fraction of sp³-hybridized carbons (Fsp3) is 1.00. The first-order valence-corrected chi connectivity index (χ1v) is 4.23. The maximum atomic E-state index is 2.42. The average molecular weight is 205 g/mol. The van der Waals surface area contributed by atoms with Gasteiger partial charge in [0.25, 0.3) is 0 Å². The van der Waals surface area contributed by atoms with Crippen LogP contribution in [0, 0.1) is 0 Å². The van der Waals surface area contributed by atoms with E-state index in [9.17, 15) is 0 Å². The van der Waals surface area contributed by atoms with Gasteiger partial charge in [0.2, 0.25) is 0 Å². The molecule has 0 unspecified atom stereocenters. The molecule has 0 heterocycles. The summed E-state index contributed by atoms with van der Waals surface area (Å²) in [6.45, 7) is 4.49. The van der Waals surface area contributed by atoms with E-state index in [-0.39, 0.29) is 17.0 Å². The third-order valence-electron chi connectivity index (χ3n) is 1.52. The summed E-state index contributed by atoms with van der Waals surface area (Å²) in [7, 11) is 2.42. The molecule has 0 aliphatic rings. The first kappa shape index (κ1) is 13.2. The van der Waals surface area contributed by atoms with E-state index in [1.54, 1.807) is 0 Å². The fourth-order valence-corrected chi connectivity index (χ4v) is 0.841. The van der Waals surface area contributed by atoms with Crippen molar-refractivity contribution in [1.82, 2.24) is 0 Å². The van der Waals surface area contributed by atoms with Crippen molar-refractivity contribution in [2.45, 2.75) is 52.2 Å². The third kappa shape index (κ3) is 11.4. The van der Waals surface area contributed by atoms with Crippen LogP contribution in [0.3, 0.4) is 0 Å². The van der Waals surface area contributed by atoms with E-state index in [1.807, 2.05) is 0 Å². The number of rotatable bonds is 6. The SMILES string of the molecule is CCCC[B+]CCCC.[Br-]. The Morgan fingerprint density at radius 3 is 1.60 bits per heavy atom. The van der Waals surface area contributed by atoms with Gasteiger partial charge in [0.1, 0.15) is 0 Å². The molecule has 0 spiro atoms. The summed E-state index contributed by atoms with van der Waals surface area (Å²) < 4.78 is 0. The molecule has 0 atom stereocenters. The number of halogens is 1. The van der Waals surface area contributed by atoms with Gasteiger partial charge < -0.3 is 17.0 Å². The molecule has 0 fully saturated rings. The van der Waals surface area contributed by atoms with Gasteiger partial charge in [-0.15, -0.1) is 0 Å². The van der Waals surface area contributed by atoms with Gasteiger partial charge in [-0.1, -0.05) is 0 Å². The molecular weight excluding hydrogens is 187 g/mol. The van der Waals surface area contributed by atoms with Gasteiger partial charge in [-0.2, -0.15) is 0 Å². The van der Waals surface area contributed by atoms with Crippen LogP contribution in [-0.4, -0.2) is 7.28 Å². The topological polar surface area (TPSA) is 0 Å². The Morgan fingerprint density at radius 2 is 1.30 bits per heavy atom. The number of unbranched alkanes of at least 4 members (excludes halogenated alkanes) is 2. The second kappa shape index (κ2) is 12.2. The first-order chi connectivity index (χ1) is 4.41. The smallest absolute Gasteiger partial charge is 1.00 e. The molecule has 0 bridgehead atoms. The molecule has 0 nitrogen and oxygen atoms in total. The van der Waals surface area contributed by atoms with Crippen molar-refractivity contribution in [3.8, 4) is 0 Å². The van der Waals surface area contributed by atoms with E-state index in [4.69, 9.17) is 0 Å². The number of hydrogen-bond donors (Lipinski definition) is 0. The molecule has 60 valence electrons. The maximum Gasteiger partial charge on any atom is -1.00 e. The van der Waals surface area contributed by atoms with Crippen LogP contribution >= 0.6 is 0 Å². The minimum absolute atomic E-state index is 0. The molecule has 10 heavy (non-hydrogen) atoms. The zero-order valence-corrected chi connectivity index (χ0v) is 8.78. The molecule has 2 heteroatoms. The second-order valence-electron chi connectivity index (χ2n) is 2.57. The summed E-state index contributed by atoms with van der Waals surface area (Å²) >= 11 is 0. The normalized spacial score (nSPS) is 8.20. The summed E-state index contributed by atoms with van der Waals surface area (Å²) in [5.41, 5.74) is 0. The van der Waals surface area contributed by atoms with Gasteiger partial charge in [-0.3, -0.25) is 0 Å². The average Bonchev–Trinajstić information content (AvgIpc) is 1.89. The molecule has 0 aromatic carbocycles. The van der Waals surface area contributed by atoms with Crippen LogP contribution < -0.4 is 17.0 Å². The standard InChI is InChI=1S/C8H18B.BrH/c1-3-5-7-9-8-6-4-2;/h3-8H2,1-2H3;1H/q+1;/p-1. The third-order valence-corrected chi connectivity index (χ3v) is 1.52. The predicted octanol–water partition coefficient (Wildman–Crippen LogP) is 0.131. The quantitative estimate of drug-likeness (QED) is 0.427. The summed E-state index contributed by atoms with van der Waals surface area (Å²) in [5.74, 6) is 0. The first-order valence-electron chi connectivity index (χ1n) is 4.23. The van der Waals surface area contributed by atoms with Crippen molar-refractivity contribution in [2.75, 3.05) is 0 Å². The van der Waals surface area contributed by atoms with Crippen LogP contribution in [0.25, 0.3) is 0 Å². The van der Waals surface area contributed by atoms with E-state index in [0.717, 1.165) is 0 Å². The van der Waals surface area contributed by atoms with Crippen molar-refractivity contribution in [1.29, 1.82) is 0 Å². The van der Waals surface area contributed by atoms with Crippen LogP contribution in [0.5, 0.6) is 0 Å². The molecule has 0 rings (SSSR count). The monoisotopic (exact) mass is 204 g/mol. The van der Waals surface area contributed by atoms with Crippen LogP contribution in [0.2, 0.25) is 12.6 Å². The summed E-state index contributed by atoms with van der Waals surface area (Å²) in [5, 5.41) is 0. The minimum atomic E-state index is 0. The van der Waals surface area contributed by atoms with Gasteiger partial charge in [0.15, 0.2) is 0 Å². The molecule has 0 saturated heterocycles. The van der Waals surface area contributed by atoms with Crippen molar-refractivity contribution < 1.29 is 17.0 Å². The van der Waals surface area contributed by atoms with Crippen molar-refractivity contribution in [2.24, 2.45) is 0 Å². The Morgan fingerprint density at radius 1 is 0.900 bits per heavy atom. The van der Waals surface area contributed by atoms with Crippen LogP contribution in [0.15, 0.2) is 0 Å². The van der Waals surface area contributed by atoms with E-state index in [2.05, 4.69) is 21.1 Å². The Bertz CT molecular complexity index is 42.5. The van der Waals surface area contributed by atoms with E-state index in [1.165, 1.54) is 38.3 Å². The molecule has 0 aromatic rings. The Hall–Kier alpha value is 0.545. The second-order valence-corrected chi connectivity index (χ2v) is 2.57. The predicted molar refractivity (Wildman–Crippen MR) is 45.2 cm³/mol. The number of hydrogen-bond acceptors (Lipinski definition) is 0. The van der Waals surface area contributed by atoms with E-state index < -0.39 is 0 Å². The maximum absolute atomic E-state index is 2.42. The molecule has 0 aromatic heterocycles. The molecule has 0 amide bonds. The van der Waals surface area contributed by atoms with Gasteiger partial charge in [0.05, 0.1) is 0 Å². The van der Waals surface area contributed by atoms with E-state index >= 15 is 0 Å². The molecule has 0 saturated carbocycles. The molecule has 0 aliphatic heterocycles.